The van der Waals surface area contributed by atoms with Gasteiger partial charge in [0.05, 0.1) is 22.7 Å². The van der Waals surface area contributed by atoms with Crippen LogP contribution in [-0.4, -0.2) is 32.0 Å². The van der Waals surface area contributed by atoms with Crippen molar-refractivity contribution in [3.8, 4) is 5.69 Å². The molecule has 0 atom stereocenters. The summed E-state index contributed by atoms with van der Waals surface area (Å²) in [7, 11) is 0. The number of alkyl halides is 3. The Morgan fingerprint density at radius 1 is 1.11 bits per heavy atom. The summed E-state index contributed by atoms with van der Waals surface area (Å²) in [6.07, 6.45) is -2.44. The van der Waals surface area contributed by atoms with E-state index in [0.29, 0.717) is 47.3 Å². The third-order valence-electron chi connectivity index (χ3n) is 4.27. The van der Waals surface area contributed by atoms with Crippen LogP contribution in [0.1, 0.15) is 28.5 Å². The van der Waals surface area contributed by atoms with Crippen molar-refractivity contribution in [1.82, 2.24) is 19.7 Å². The predicted molar refractivity (Wildman–Crippen MR) is 92.7 cm³/mol. The highest BCUT2D eigenvalue weighted by Crippen LogP contribution is 2.34. The first-order valence-corrected chi connectivity index (χ1v) is 8.30. The van der Waals surface area contributed by atoms with Crippen molar-refractivity contribution in [2.45, 2.75) is 19.1 Å². The summed E-state index contributed by atoms with van der Waals surface area (Å²) in [6, 6.07) is 8.80. The van der Waals surface area contributed by atoms with Crippen LogP contribution in [0.4, 0.5) is 13.2 Å². The first-order chi connectivity index (χ1) is 13.0. The second kappa shape index (κ2) is 6.58. The van der Waals surface area contributed by atoms with Gasteiger partial charge in [0.25, 0.3) is 0 Å². The van der Waals surface area contributed by atoms with Crippen LogP contribution in [0.2, 0.25) is 0 Å². The Morgan fingerprint density at radius 3 is 2.67 bits per heavy atom. The van der Waals surface area contributed by atoms with E-state index in [1.165, 1.54) is 6.07 Å². The Labute approximate surface area is 152 Å². The minimum Gasteiger partial charge on any atom is -0.330 e. The van der Waals surface area contributed by atoms with E-state index in [0.717, 1.165) is 12.1 Å². The predicted octanol–water partition coefficient (Wildman–Crippen LogP) is 2.53. The van der Waals surface area contributed by atoms with E-state index < -0.39 is 11.7 Å². The van der Waals surface area contributed by atoms with Crippen molar-refractivity contribution in [3.63, 3.8) is 0 Å². The standard InChI is InChI=1S/C18H15F3N6/c19-18(20,21)11-4-5-14-12(9-11)17(13-3-1-2-8-23-13)24-10-16-26-25-15(6-7-22)27(14)16/h1-5,8-9H,6-7,10,22H2. The zero-order valence-electron chi connectivity index (χ0n) is 14.1. The Kier molecular flexibility index (Phi) is 4.23. The highest BCUT2D eigenvalue weighted by molar-refractivity contribution is 6.14. The van der Waals surface area contributed by atoms with E-state index in [2.05, 4.69) is 20.2 Å². The molecule has 0 fully saturated rings. The zero-order chi connectivity index (χ0) is 19.0. The monoisotopic (exact) mass is 372 g/mol. The van der Waals surface area contributed by atoms with Crippen LogP contribution in [0.5, 0.6) is 0 Å². The summed E-state index contributed by atoms with van der Waals surface area (Å²) < 4.78 is 41.7. The Bertz CT molecular complexity index is 1010. The summed E-state index contributed by atoms with van der Waals surface area (Å²) in [5.41, 5.74) is 6.65. The fourth-order valence-corrected chi connectivity index (χ4v) is 3.08. The van der Waals surface area contributed by atoms with Gasteiger partial charge in [-0.25, -0.2) is 0 Å². The Hall–Kier alpha value is -3.07. The zero-order valence-corrected chi connectivity index (χ0v) is 14.1. The van der Waals surface area contributed by atoms with Crippen molar-refractivity contribution in [2.24, 2.45) is 10.7 Å². The third-order valence-corrected chi connectivity index (χ3v) is 4.27. The van der Waals surface area contributed by atoms with Gasteiger partial charge >= 0.3 is 6.18 Å². The molecule has 0 amide bonds. The number of hydrogen-bond acceptors (Lipinski definition) is 5. The van der Waals surface area contributed by atoms with Gasteiger partial charge < -0.3 is 5.73 Å². The molecule has 1 aromatic carbocycles. The fraction of sp³-hybridized carbons (Fsp3) is 0.222. The van der Waals surface area contributed by atoms with Crippen LogP contribution in [0.3, 0.4) is 0 Å². The molecule has 3 aromatic rings. The van der Waals surface area contributed by atoms with Crippen molar-refractivity contribution < 1.29 is 13.2 Å². The molecule has 0 saturated heterocycles. The molecule has 1 aliphatic rings. The molecule has 0 aliphatic carbocycles. The van der Waals surface area contributed by atoms with Gasteiger partial charge in [-0.2, -0.15) is 13.2 Å². The lowest BCUT2D eigenvalue weighted by atomic mass is 10.0. The van der Waals surface area contributed by atoms with Crippen molar-refractivity contribution in [2.75, 3.05) is 6.54 Å². The number of nitrogens with two attached hydrogens (primary N) is 1. The van der Waals surface area contributed by atoms with Gasteiger partial charge in [-0.05, 0) is 36.9 Å². The molecule has 2 N–H and O–H groups in total. The highest BCUT2D eigenvalue weighted by atomic mass is 19.4. The molecule has 6 nitrogen and oxygen atoms in total. The van der Waals surface area contributed by atoms with Crippen LogP contribution in [0.15, 0.2) is 47.6 Å². The topological polar surface area (TPSA) is 82.0 Å². The number of benzene rings is 1. The molecular formula is C18H15F3N6. The molecule has 27 heavy (non-hydrogen) atoms. The van der Waals surface area contributed by atoms with Gasteiger partial charge in [-0.15, -0.1) is 10.2 Å². The summed E-state index contributed by atoms with van der Waals surface area (Å²) in [4.78, 5) is 8.77. The summed E-state index contributed by atoms with van der Waals surface area (Å²) >= 11 is 0. The molecule has 0 spiro atoms. The SMILES string of the molecule is NCCc1nnc2n1-c1ccc(C(F)(F)F)cc1C(c1ccccn1)=NC2. The minimum atomic E-state index is -4.47. The minimum absolute atomic E-state index is 0.180. The largest absolute Gasteiger partial charge is 0.416 e. The van der Waals surface area contributed by atoms with Crippen LogP contribution < -0.4 is 5.73 Å². The molecule has 2 aromatic heterocycles. The van der Waals surface area contributed by atoms with Gasteiger partial charge in [-0.1, -0.05) is 6.07 Å². The average Bonchev–Trinajstić information content (AvgIpc) is 2.97. The highest BCUT2D eigenvalue weighted by Gasteiger charge is 2.33. The van der Waals surface area contributed by atoms with E-state index in [-0.39, 0.29) is 6.54 Å². The van der Waals surface area contributed by atoms with E-state index in [1.807, 2.05) is 0 Å². The smallest absolute Gasteiger partial charge is 0.330 e. The van der Waals surface area contributed by atoms with Crippen LogP contribution in [-0.2, 0) is 19.1 Å². The first kappa shape index (κ1) is 17.3. The van der Waals surface area contributed by atoms with E-state index >= 15 is 0 Å². The number of aromatic nitrogens is 4. The van der Waals surface area contributed by atoms with Gasteiger partial charge in [-0.3, -0.25) is 14.5 Å². The number of rotatable bonds is 3. The lowest BCUT2D eigenvalue weighted by Crippen LogP contribution is -2.15. The van der Waals surface area contributed by atoms with E-state index in [4.69, 9.17) is 5.73 Å². The molecule has 0 unspecified atom stereocenters. The summed E-state index contributed by atoms with van der Waals surface area (Å²) in [5, 5.41) is 8.26. The lowest BCUT2D eigenvalue weighted by molar-refractivity contribution is -0.137. The maximum absolute atomic E-state index is 13.3. The fourth-order valence-electron chi connectivity index (χ4n) is 3.08. The number of fused-ring (bicyclic) bond motifs is 3. The van der Waals surface area contributed by atoms with Crippen LogP contribution >= 0.6 is 0 Å². The van der Waals surface area contributed by atoms with Gasteiger partial charge in [0.15, 0.2) is 5.82 Å². The molecule has 0 radical (unpaired) electrons. The number of aliphatic imine (C=N–C) groups is 1. The second-order valence-corrected chi connectivity index (χ2v) is 6.02. The molecular weight excluding hydrogens is 357 g/mol. The number of halogens is 3. The molecule has 9 heteroatoms. The lowest BCUT2D eigenvalue weighted by Gasteiger charge is -2.15. The van der Waals surface area contributed by atoms with E-state index in [1.54, 1.807) is 29.0 Å². The van der Waals surface area contributed by atoms with Crippen LogP contribution in [0.25, 0.3) is 5.69 Å². The van der Waals surface area contributed by atoms with Gasteiger partial charge in [0.2, 0.25) is 0 Å². The molecule has 0 bridgehead atoms. The Balaban J connectivity index is 1.98. The summed E-state index contributed by atoms with van der Waals surface area (Å²) in [5.74, 6) is 1.14. The van der Waals surface area contributed by atoms with Gasteiger partial charge in [0.1, 0.15) is 12.4 Å². The normalized spacial score (nSPS) is 13.6. The molecule has 3 heterocycles. The maximum atomic E-state index is 13.3. The number of nitrogens with zero attached hydrogens (tertiary/aromatic N) is 5. The number of hydrogen-bond donors (Lipinski definition) is 1. The number of pyridine rings is 1. The Morgan fingerprint density at radius 2 is 1.96 bits per heavy atom. The second-order valence-electron chi connectivity index (χ2n) is 6.02. The van der Waals surface area contributed by atoms with Gasteiger partial charge in [0, 0.05) is 18.2 Å². The molecule has 1 aliphatic heterocycles. The molecule has 4 rings (SSSR count). The molecule has 138 valence electrons. The van der Waals surface area contributed by atoms with Crippen molar-refractivity contribution in [3.05, 3.63) is 71.1 Å². The van der Waals surface area contributed by atoms with Crippen LogP contribution in [0, 0.1) is 0 Å². The average molecular weight is 372 g/mol. The van der Waals surface area contributed by atoms with Crippen molar-refractivity contribution in [1.29, 1.82) is 0 Å². The molecule has 0 saturated carbocycles. The summed E-state index contributed by atoms with van der Waals surface area (Å²) in [6.45, 7) is 0.529. The first-order valence-electron chi connectivity index (χ1n) is 8.30. The quantitative estimate of drug-likeness (QED) is 0.766. The maximum Gasteiger partial charge on any atom is 0.416 e. The van der Waals surface area contributed by atoms with Crippen molar-refractivity contribution >= 4 is 5.71 Å². The van der Waals surface area contributed by atoms with E-state index in [9.17, 15) is 13.2 Å². The third kappa shape index (κ3) is 3.10.